The Bertz CT molecular complexity index is 628. The van der Waals surface area contributed by atoms with E-state index in [0.717, 1.165) is 5.56 Å². The number of rotatable bonds is 4. The first-order chi connectivity index (χ1) is 9.22. The fourth-order valence-corrected chi connectivity index (χ4v) is 1.59. The molecule has 6 nitrogen and oxygen atoms in total. The zero-order valence-electron chi connectivity index (χ0n) is 10.4. The third-order valence-electron chi connectivity index (χ3n) is 2.43. The molecule has 0 aliphatic heterocycles. The summed E-state index contributed by atoms with van der Waals surface area (Å²) < 4.78 is 6.50. The molecule has 0 saturated heterocycles. The van der Waals surface area contributed by atoms with Crippen LogP contribution in [0.2, 0.25) is 0 Å². The lowest BCUT2D eigenvalue weighted by Crippen LogP contribution is -2.04. The van der Waals surface area contributed by atoms with Gasteiger partial charge < -0.3 is 4.74 Å². The first kappa shape index (κ1) is 12.8. The summed E-state index contributed by atoms with van der Waals surface area (Å²) in [5, 5.41) is 12.9. The van der Waals surface area contributed by atoms with Crippen molar-refractivity contribution < 1.29 is 9.53 Å². The Kier molecular flexibility index (Phi) is 3.88. The van der Waals surface area contributed by atoms with Gasteiger partial charge in [0.15, 0.2) is 0 Å². The van der Waals surface area contributed by atoms with Crippen molar-refractivity contribution in [3.63, 3.8) is 0 Å². The van der Waals surface area contributed by atoms with E-state index in [9.17, 15) is 4.79 Å². The molecule has 96 valence electrons. The minimum absolute atomic E-state index is 0.333. The van der Waals surface area contributed by atoms with Crippen LogP contribution in [0.15, 0.2) is 30.7 Å². The highest BCUT2D eigenvalue weighted by molar-refractivity contribution is 5.88. The van der Waals surface area contributed by atoms with E-state index < -0.39 is 0 Å². The summed E-state index contributed by atoms with van der Waals surface area (Å²) in [6, 6.07) is 5.46. The van der Waals surface area contributed by atoms with E-state index in [-0.39, 0.29) is 5.97 Å². The summed E-state index contributed by atoms with van der Waals surface area (Å²) in [5.41, 5.74) is 1.66. The largest absolute Gasteiger partial charge is 0.462 e. The molecule has 2 aromatic rings. The fourth-order valence-electron chi connectivity index (χ4n) is 1.59. The van der Waals surface area contributed by atoms with Crippen LogP contribution >= 0.6 is 0 Å². The summed E-state index contributed by atoms with van der Waals surface area (Å²) in [4.78, 5) is 15.4. The van der Waals surface area contributed by atoms with Crippen molar-refractivity contribution in [2.75, 3.05) is 6.61 Å². The van der Waals surface area contributed by atoms with E-state index >= 15 is 0 Å². The highest BCUT2D eigenvalue weighted by Gasteiger charge is 2.09. The minimum atomic E-state index is -0.388. The molecule has 0 aromatic carbocycles. The van der Waals surface area contributed by atoms with Crippen molar-refractivity contribution in [1.82, 2.24) is 14.8 Å². The van der Waals surface area contributed by atoms with E-state index in [2.05, 4.69) is 10.1 Å². The van der Waals surface area contributed by atoms with Gasteiger partial charge in [0.05, 0.1) is 24.9 Å². The molecule has 0 aliphatic rings. The number of hydrogen-bond donors (Lipinski definition) is 0. The third-order valence-corrected chi connectivity index (χ3v) is 2.43. The quantitative estimate of drug-likeness (QED) is 0.772. The second-order valence-electron chi connectivity index (χ2n) is 3.81. The summed E-state index contributed by atoms with van der Waals surface area (Å²) >= 11 is 0. The Balaban J connectivity index is 2.11. The van der Waals surface area contributed by atoms with E-state index in [1.165, 1.54) is 6.20 Å². The number of aromatic nitrogens is 3. The second-order valence-corrected chi connectivity index (χ2v) is 3.81. The number of esters is 1. The topological polar surface area (TPSA) is 80.8 Å². The van der Waals surface area contributed by atoms with Crippen molar-refractivity contribution in [3.05, 3.63) is 47.5 Å². The van der Waals surface area contributed by atoms with Crippen LogP contribution in [-0.4, -0.2) is 27.3 Å². The fraction of sp³-hybridized carbons (Fsp3) is 0.231. The van der Waals surface area contributed by atoms with Gasteiger partial charge in [-0.05, 0) is 24.6 Å². The predicted molar refractivity (Wildman–Crippen MR) is 66.2 cm³/mol. The van der Waals surface area contributed by atoms with E-state index in [1.54, 1.807) is 36.1 Å². The molecule has 0 bridgehead atoms. The second kappa shape index (κ2) is 5.78. The molecule has 0 amide bonds. The molecule has 2 rings (SSSR count). The van der Waals surface area contributed by atoms with Gasteiger partial charge in [0.1, 0.15) is 11.8 Å². The van der Waals surface area contributed by atoms with Crippen LogP contribution in [0.1, 0.15) is 28.5 Å². The molecule has 0 atom stereocenters. The molecule has 2 aromatic heterocycles. The normalized spacial score (nSPS) is 9.89. The SMILES string of the molecule is CCOC(=O)c1cnn(Cc2ccnc(C#N)c2)c1. The highest BCUT2D eigenvalue weighted by Crippen LogP contribution is 2.06. The van der Waals surface area contributed by atoms with E-state index in [4.69, 9.17) is 10.00 Å². The van der Waals surface area contributed by atoms with Gasteiger partial charge in [-0.15, -0.1) is 0 Å². The average Bonchev–Trinajstić information content (AvgIpc) is 2.88. The van der Waals surface area contributed by atoms with Crippen LogP contribution in [0.3, 0.4) is 0 Å². The maximum atomic E-state index is 11.5. The van der Waals surface area contributed by atoms with Crippen molar-refractivity contribution >= 4 is 5.97 Å². The third kappa shape index (κ3) is 3.16. The van der Waals surface area contributed by atoms with Crippen LogP contribution in [0, 0.1) is 11.3 Å². The molecule has 0 N–H and O–H groups in total. The molecule has 0 aliphatic carbocycles. The predicted octanol–water partition coefficient (Wildman–Crippen LogP) is 1.37. The monoisotopic (exact) mass is 256 g/mol. The zero-order chi connectivity index (χ0) is 13.7. The minimum Gasteiger partial charge on any atom is -0.462 e. The van der Waals surface area contributed by atoms with Gasteiger partial charge in [0.2, 0.25) is 0 Å². The lowest BCUT2D eigenvalue weighted by atomic mass is 10.2. The number of ether oxygens (including phenoxy) is 1. The molecule has 0 radical (unpaired) electrons. The van der Waals surface area contributed by atoms with Crippen LogP contribution in [0.4, 0.5) is 0 Å². The first-order valence-electron chi connectivity index (χ1n) is 5.77. The molecule has 0 fully saturated rings. The van der Waals surface area contributed by atoms with Crippen LogP contribution in [0.25, 0.3) is 0 Å². The summed E-state index contributed by atoms with van der Waals surface area (Å²) in [6.45, 7) is 2.55. The molecule has 19 heavy (non-hydrogen) atoms. The maximum Gasteiger partial charge on any atom is 0.341 e. The zero-order valence-corrected chi connectivity index (χ0v) is 10.4. The maximum absolute atomic E-state index is 11.5. The highest BCUT2D eigenvalue weighted by atomic mass is 16.5. The molecular formula is C13H12N4O2. The first-order valence-corrected chi connectivity index (χ1v) is 5.77. The van der Waals surface area contributed by atoms with Gasteiger partial charge in [-0.2, -0.15) is 10.4 Å². The number of hydrogen-bond acceptors (Lipinski definition) is 5. The number of nitriles is 1. The number of carbonyl (C=O) groups is 1. The Morgan fingerprint density at radius 2 is 2.42 bits per heavy atom. The molecule has 6 heteroatoms. The Morgan fingerprint density at radius 1 is 1.58 bits per heavy atom. The standard InChI is InChI=1S/C13H12N4O2/c1-2-19-13(18)11-7-16-17(9-11)8-10-3-4-15-12(5-10)6-14/h3-5,7,9H,2,8H2,1H3. The van der Waals surface area contributed by atoms with E-state index in [0.29, 0.717) is 24.4 Å². The number of pyridine rings is 1. The van der Waals surface area contributed by atoms with Crippen molar-refractivity contribution in [1.29, 1.82) is 5.26 Å². The summed E-state index contributed by atoms with van der Waals surface area (Å²) in [5.74, 6) is -0.388. The number of carbonyl (C=O) groups excluding carboxylic acids is 1. The summed E-state index contributed by atoms with van der Waals surface area (Å²) in [6.07, 6.45) is 4.65. The van der Waals surface area contributed by atoms with Gasteiger partial charge in [0.25, 0.3) is 0 Å². The lowest BCUT2D eigenvalue weighted by molar-refractivity contribution is 0.0526. The van der Waals surface area contributed by atoms with Gasteiger partial charge in [-0.25, -0.2) is 9.78 Å². The van der Waals surface area contributed by atoms with Crippen LogP contribution in [-0.2, 0) is 11.3 Å². The molecular weight excluding hydrogens is 244 g/mol. The average molecular weight is 256 g/mol. The number of nitrogens with zero attached hydrogens (tertiary/aromatic N) is 4. The van der Waals surface area contributed by atoms with Gasteiger partial charge in [-0.3, -0.25) is 4.68 Å². The molecule has 0 saturated carbocycles. The Morgan fingerprint density at radius 3 is 3.16 bits per heavy atom. The smallest absolute Gasteiger partial charge is 0.341 e. The molecule has 0 spiro atoms. The lowest BCUT2D eigenvalue weighted by Gasteiger charge is -2.01. The van der Waals surface area contributed by atoms with Crippen molar-refractivity contribution in [3.8, 4) is 6.07 Å². The Labute approximate surface area is 110 Å². The Hall–Kier alpha value is -2.68. The van der Waals surface area contributed by atoms with Crippen molar-refractivity contribution in [2.45, 2.75) is 13.5 Å². The molecule has 2 heterocycles. The van der Waals surface area contributed by atoms with Crippen molar-refractivity contribution in [2.24, 2.45) is 0 Å². The van der Waals surface area contributed by atoms with Crippen LogP contribution in [0.5, 0.6) is 0 Å². The van der Waals surface area contributed by atoms with Gasteiger partial charge in [-0.1, -0.05) is 0 Å². The van der Waals surface area contributed by atoms with Gasteiger partial charge >= 0.3 is 5.97 Å². The molecule has 0 unspecified atom stereocenters. The van der Waals surface area contributed by atoms with E-state index in [1.807, 2.05) is 6.07 Å². The van der Waals surface area contributed by atoms with Crippen LogP contribution < -0.4 is 0 Å². The van der Waals surface area contributed by atoms with Gasteiger partial charge in [0, 0.05) is 12.4 Å². The summed E-state index contributed by atoms with van der Waals surface area (Å²) in [7, 11) is 0.